The van der Waals surface area contributed by atoms with E-state index in [4.69, 9.17) is 5.11 Å². The van der Waals surface area contributed by atoms with E-state index in [1.54, 1.807) is 12.1 Å². The fourth-order valence-corrected chi connectivity index (χ4v) is 3.89. The fraction of sp³-hybridized carbons (Fsp3) is 0.611. The second-order valence-corrected chi connectivity index (χ2v) is 7.14. The molecule has 2 rings (SSSR count). The number of hydrogen-bond donors (Lipinski definition) is 2. The van der Waals surface area contributed by atoms with Crippen LogP contribution >= 0.6 is 0 Å². The number of hydrogen-bond acceptors (Lipinski definition) is 2. The minimum absolute atomic E-state index is 0.335. The van der Waals surface area contributed by atoms with Crippen molar-refractivity contribution in [2.75, 3.05) is 5.32 Å². The Hall–Kier alpha value is -1.51. The molecule has 0 amide bonds. The molecule has 3 nitrogen and oxygen atoms in total. The number of benzene rings is 1. The number of aromatic carboxylic acids is 1. The van der Waals surface area contributed by atoms with Crippen molar-refractivity contribution in [1.82, 2.24) is 0 Å². The monoisotopic (exact) mass is 289 g/mol. The molecule has 2 N–H and O–H groups in total. The first kappa shape index (κ1) is 15.9. The Morgan fingerprint density at radius 1 is 1.43 bits per heavy atom. The summed E-state index contributed by atoms with van der Waals surface area (Å²) in [5, 5.41) is 12.4. The van der Waals surface area contributed by atoms with Crippen LogP contribution in [0.5, 0.6) is 0 Å². The quantitative estimate of drug-likeness (QED) is 0.819. The van der Waals surface area contributed by atoms with Crippen LogP contribution < -0.4 is 5.32 Å². The van der Waals surface area contributed by atoms with Crippen LogP contribution in [0.4, 0.5) is 5.69 Å². The van der Waals surface area contributed by atoms with Crippen molar-refractivity contribution < 1.29 is 9.90 Å². The van der Waals surface area contributed by atoms with Crippen LogP contribution in [0.15, 0.2) is 24.3 Å². The summed E-state index contributed by atoms with van der Waals surface area (Å²) in [4.78, 5) is 10.8. The molecule has 0 aromatic heterocycles. The second-order valence-electron chi connectivity index (χ2n) is 7.14. The molecular weight excluding hydrogens is 262 g/mol. The lowest BCUT2D eigenvalue weighted by molar-refractivity contribution is 0.0697. The second kappa shape index (κ2) is 6.50. The van der Waals surface area contributed by atoms with Crippen molar-refractivity contribution in [3.63, 3.8) is 0 Å². The summed E-state index contributed by atoms with van der Waals surface area (Å²) < 4.78 is 0. The van der Waals surface area contributed by atoms with Crippen LogP contribution in [0.1, 0.15) is 63.2 Å². The van der Waals surface area contributed by atoms with Crippen molar-refractivity contribution >= 4 is 11.7 Å². The van der Waals surface area contributed by atoms with E-state index in [0.29, 0.717) is 17.0 Å². The van der Waals surface area contributed by atoms with Gasteiger partial charge in [-0.3, -0.25) is 0 Å². The summed E-state index contributed by atoms with van der Waals surface area (Å²) in [7, 11) is 0. The molecule has 0 bridgehead atoms. The van der Waals surface area contributed by atoms with Crippen LogP contribution in [0, 0.1) is 11.3 Å². The molecule has 1 aromatic carbocycles. The average molecular weight is 289 g/mol. The SMILES string of the molecule is CC1CCCC(C)(CC(C)Nc2ccc(C(=O)O)cc2)C1. The summed E-state index contributed by atoms with van der Waals surface area (Å²) in [6.45, 7) is 6.99. The first-order chi connectivity index (χ1) is 9.88. The van der Waals surface area contributed by atoms with Crippen LogP contribution in [0.3, 0.4) is 0 Å². The normalized spacial score (nSPS) is 27.1. The van der Waals surface area contributed by atoms with Gasteiger partial charge in [-0.2, -0.15) is 0 Å². The van der Waals surface area contributed by atoms with Gasteiger partial charge in [0, 0.05) is 11.7 Å². The predicted molar refractivity (Wildman–Crippen MR) is 86.8 cm³/mol. The van der Waals surface area contributed by atoms with Crippen molar-refractivity contribution in [1.29, 1.82) is 0 Å². The van der Waals surface area contributed by atoms with Gasteiger partial charge < -0.3 is 10.4 Å². The van der Waals surface area contributed by atoms with E-state index >= 15 is 0 Å². The molecule has 0 heterocycles. The average Bonchev–Trinajstić information content (AvgIpc) is 2.38. The van der Waals surface area contributed by atoms with E-state index in [1.165, 1.54) is 25.7 Å². The number of anilines is 1. The number of rotatable bonds is 5. The van der Waals surface area contributed by atoms with Gasteiger partial charge in [-0.25, -0.2) is 4.79 Å². The van der Waals surface area contributed by atoms with Gasteiger partial charge in [0.15, 0.2) is 0 Å². The van der Waals surface area contributed by atoms with E-state index in [2.05, 4.69) is 26.1 Å². The number of carboxylic acids is 1. The third-order valence-corrected chi connectivity index (χ3v) is 4.66. The fourth-order valence-electron chi connectivity index (χ4n) is 3.89. The van der Waals surface area contributed by atoms with Gasteiger partial charge in [-0.1, -0.05) is 26.7 Å². The molecule has 1 saturated carbocycles. The molecule has 3 heteroatoms. The Labute approximate surface area is 127 Å². The number of carboxylic acid groups (broad SMARTS) is 1. The minimum atomic E-state index is -0.877. The zero-order valence-corrected chi connectivity index (χ0v) is 13.4. The maximum Gasteiger partial charge on any atom is 0.335 e. The number of carbonyl (C=O) groups is 1. The Kier molecular flexibility index (Phi) is 4.92. The highest BCUT2D eigenvalue weighted by Crippen LogP contribution is 2.42. The lowest BCUT2D eigenvalue weighted by Crippen LogP contribution is -2.31. The molecule has 3 atom stereocenters. The molecule has 1 fully saturated rings. The van der Waals surface area contributed by atoms with E-state index in [-0.39, 0.29) is 0 Å². The molecule has 0 aliphatic heterocycles. The molecule has 1 aliphatic rings. The van der Waals surface area contributed by atoms with E-state index in [1.807, 2.05) is 12.1 Å². The summed E-state index contributed by atoms with van der Waals surface area (Å²) >= 11 is 0. The molecular formula is C18H27NO2. The third-order valence-electron chi connectivity index (χ3n) is 4.66. The van der Waals surface area contributed by atoms with Gasteiger partial charge >= 0.3 is 5.97 Å². The summed E-state index contributed by atoms with van der Waals surface area (Å²) in [5.41, 5.74) is 1.77. The Bertz CT molecular complexity index is 482. The van der Waals surface area contributed by atoms with E-state index in [9.17, 15) is 4.79 Å². The van der Waals surface area contributed by atoms with Crippen molar-refractivity contribution in [2.24, 2.45) is 11.3 Å². The molecule has 1 aromatic rings. The Morgan fingerprint density at radius 2 is 2.10 bits per heavy atom. The van der Waals surface area contributed by atoms with Gasteiger partial charge in [0.1, 0.15) is 0 Å². The predicted octanol–water partition coefficient (Wildman–Crippen LogP) is 4.79. The largest absolute Gasteiger partial charge is 0.478 e. The number of nitrogens with one attached hydrogen (secondary N) is 1. The molecule has 21 heavy (non-hydrogen) atoms. The van der Waals surface area contributed by atoms with Gasteiger partial charge in [-0.15, -0.1) is 0 Å². The lowest BCUT2D eigenvalue weighted by atomic mass is 9.68. The van der Waals surface area contributed by atoms with Crippen molar-refractivity contribution in [3.05, 3.63) is 29.8 Å². The lowest BCUT2D eigenvalue weighted by Gasteiger charge is -2.39. The van der Waals surface area contributed by atoms with Gasteiger partial charge in [0.2, 0.25) is 0 Å². The van der Waals surface area contributed by atoms with Crippen molar-refractivity contribution in [2.45, 2.75) is 58.9 Å². The smallest absolute Gasteiger partial charge is 0.335 e. The zero-order valence-electron chi connectivity index (χ0n) is 13.4. The maximum absolute atomic E-state index is 10.8. The van der Waals surface area contributed by atoms with Crippen LogP contribution in [0.25, 0.3) is 0 Å². The first-order valence-corrected chi connectivity index (χ1v) is 7.98. The summed E-state index contributed by atoms with van der Waals surface area (Å²) in [5.74, 6) is -0.0379. The molecule has 1 aliphatic carbocycles. The van der Waals surface area contributed by atoms with Crippen LogP contribution in [-0.4, -0.2) is 17.1 Å². The first-order valence-electron chi connectivity index (χ1n) is 7.98. The Balaban J connectivity index is 1.91. The molecule has 0 radical (unpaired) electrons. The van der Waals surface area contributed by atoms with Crippen LogP contribution in [-0.2, 0) is 0 Å². The topological polar surface area (TPSA) is 49.3 Å². The third kappa shape index (κ3) is 4.48. The Morgan fingerprint density at radius 3 is 2.67 bits per heavy atom. The van der Waals surface area contributed by atoms with E-state index < -0.39 is 5.97 Å². The van der Waals surface area contributed by atoms with E-state index in [0.717, 1.165) is 18.0 Å². The minimum Gasteiger partial charge on any atom is -0.478 e. The highest BCUT2D eigenvalue weighted by molar-refractivity contribution is 5.87. The highest BCUT2D eigenvalue weighted by atomic mass is 16.4. The molecule has 3 unspecified atom stereocenters. The molecule has 0 saturated heterocycles. The maximum atomic E-state index is 10.8. The summed E-state index contributed by atoms with van der Waals surface area (Å²) in [6, 6.07) is 7.41. The zero-order chi connectivity index (χ0) is 15.5. The van der Waals surface area contributed by atoms with Crippen molar-refractivity contribution in [3.8, 4) is 0 Å². The highest BCUT2D eigenvalue weighted by Gasteiger charge is 2.31. The molecule has 116 valence electrons. The van der Waals surface area contributed by atoms with Gasteiger partial charge in [-0.05, 0) is 61.8 Å². The molecule has 0 spiro atoms. The standard InChI is InChI=1S/C18H27NO2/c1-13-5-4-10-18(3,11-13)12-14(2)19-16-8-6-15(7-9-16)17(20)21/h6-9,13-14,19H,4-5,10-12H2,1-3H3,(H,20,21). The summed E-state index contributed by atoms with van der Waals surface area (Å²) in [6.07, 6.45) is 6.52. The van der Waals surface area contributed by atoms with Gasteiger partial charge in [0.25, 0.3) is 0 Å². The van der Waals surface area contributed by atoms with Crippen LogP contribution in [0.2, 0.25) is 0 Å². The van der Waals surface area contributed by atoms with Gasteiger partial charge in [0.05, 0.1) is 5.56 Å².